The number of esters is 1. The average molecular weight is 291 g/mol. The summed E-state index contributed by atoms with van der Waals surface area (Å²) in [4.78, 5) is 27.4. The van der Waals surface area contributed by atoms with E-state index in [0.29, 0.717) is 16.9 Å². The van der Waals surface area contributed by atoms with Gasteiger partial charge in [-0.1, -0.05) is 6.07 Å². The summed E-state index contributed by atoms with van der Waals surface area (Å²) in [6.07, 6.45) is 2.13. The number of likely N-dealkylation sites (N-methyl/N-ethyl adjacent to an activating group) is 1. The Balaban J connectivity index is 2.13. The highest BCUT2D eigenvalue weighted by Gasteiger charge is 2.21. The third-order valence-electron chi connectivity index (χ3n) is 3.73. The van der Waals surface area contributed by atoms with Gasteiger partial charge in [0.05, 0.1) is 30.6 Å². The van der Waals surface area contributed by atoms with E-state index in [4.69, 9.17) is 10.5 Å². The van der Waals surface area contributed by atoms with Gasteiger partial charge < -0.3 is 20.3 Å². The molecule has 1 fully saturated rings. The zero-order valence-electron chi connectivity index (χ0n) is 12.5. The van der Waals surface area contributed by atoms with Gasteiger partial charge in [0.15, 0.2) is 0 Å². The molecule has 0 radical (unpaired) electrons. The predicted molar refractivity (Wildman–Crippen MR) is 81.3 cm³/mol. The number of benzene rings is 1. The molecule has 1 heterocycles. The van der Waals surface area contributed by atoms with Crippen LogP contribution in [0.15, 0.2) is 18.2 Å². The van der Waals surface area contributed by atoms with Crippen LogP contribution in [-0.2, 0) is 9.53 Å². The van der Waals surface area contributed by atoms with Gasteiger partial charge in [0.2, 0.25) is 5.91 Å². The van der Waals surface area contributed by atoms with Gasteiger partial charge in [0.1, 0.15) is 0 Å². The Morgan fingerprint density at radius 1 is 1.33 bits per heavy atom. The minimum absolute atomic E-state index is 0.0814. The van der Waals surface area contributed by atoms with Gasteiger partial charge in [0, 0.05) is 20.1 Å². The van der Waals surface area contributed by atoms with Gasteiger partial charge in [-0.25, -0.2) is 4.79 Å². The Kier molecular flexibility index (Phi) is 4.67. The molecule has 1 amide bonds. The summed E-state index contributed by atoms with van der Waals surface area (Å²) in [7, 11) is 3.11. The van der Waals surface area contributed by atoms with Crippen LogP contribution >= 0.6 is 0 Å². The van der Waals surface area contributed by atoms with Crippen LogP contribution in [0, 0.1) is 0 Å². The van der Waals surface area contributed by atoms with E-state index in [1.807, 2.05) is 4.90 Å². The van der Waals surface area contributed by atoms with Gasteiger partial charge >= 0.3 is 5.97 Å². The van der Waals surface area contributed by atoms with Crippen LogP contribution in [0.25, 0.3) is 0 Å². The van der Waals surface area contributed by atoms with Crippen LogP contribution in [-0.4, -0.2) is 50.6 Å². The third kappa shape index (κ3) is 3.26. The molecule has 1 aromatic carbocycles. The van der Waals surface area contributed by atoms with Crippen molar-refractivity contribution in [3.8, 4) is 0 Å². The van der Waals surface area contributed by atoms with E-state index in [-0.39, 0.29) is 12.5 Å². The molecule has 21 heavy (non-hydrogen) atoms. The molecule has 0 atom stereocenters. The number of ether oxygens (including phenoxy) is 1. The maximum Gasteiger partial charge on any atom is 0.340 e. The molecule has 114 valence electrons. The van der Waals surface area contributed by atoms with E-state index in [1.165, 1.54) is 7.11 Å². The molecule has 6 heteroatoms. The summed E-state index contributed by atoms with van der Waals surface area (Å²) >= 11 is 0. The smallest absolute Gasteiger partial charge is 0.340 e. The van der Waals surface area contributed by atoms with Crippen molar-refractivity contribution in [2.24, 2.45) is 0 Å². The van der Waals surface area contributed by atoms with Crippen molar-refractivity contribution in [3.63, 3.8) is 0 Å². The highest BCUT2D eigenvalue weighted by molar-refractivity contribution is 5.98. The number of nitrogens with zero attached hydrogens (tertiary/aromatic N) is 2. The molecule has 0 aromatic heterocycles. The van der Waals surface area contributed by atoms with Crippen LogP contribution in [0.3, 0.4) is 0 Å². The van der Waals surface area contributed by atoms with Gasteiger partial charge in [0.25, 0.3) is 0 Å². The monoisotopic (exact) mass is 291 g/mol. The summed E-state index contributed by atoms with van der Waals surface area (Å²) in [6, 6.07) is 5.13. The first-order valence-corrected chi connectivity index (χ1v) is 7.00. The SMILES string of the molecule is COC(=O)c1cccc(N(C)CC(=O)N2CCCC2)c1N. The minimum Gasteiger partial charge on any atom is -0.465 e. The summed E-state index contributed by atoms with van der Waals surface area (Å²) in [5.74, 6) is -0.397. The van der Waals surface area contributed by atoms with Crippen molar-refractivity contribution in [2.75, 3.05) is 44.4 Å². The Labute approximate surface area is 124 Å². The first kappa shape index (κ1) is 15.2. The van der Waals surface area contributed by atoms with Gasteiger partial charge in [-0.3, -0.25) is 4.79 Å². The summed E-state index contributed by atoms with van der Waals surface area (Å²) in [5, 5.41) is 0. The molecule has 0 bridgehead atoms. The van der Waals surface area contributed by atoms with Crippen molar-refractivity contribution < 1.29 is 14.3 Å². The molecular weight excluding hydrogens is 270 g/mol. The number of nitrogens with two attached hydrogens (primary N) is 1. The molecular formula is C15H21N3O3. The molecule has 6 nitrogen and oxygen atoms in total. The Bertz CT molecular complexity index is 539. The molecule has 1 aliphatic rings. The number of methoxy groups -OCH3 is 1. The number of likely N-dealkylation sites (tertiary alicyclic amines) is 1. The van der Waals surface area contributed by atoms with Gasteiger partial charge in [-0.2, -0.15) is 0 Å². The molecule has 1 saturated heterocycles. The Hall–Kier alpha value is -2.24. The highest BCUT2D eigenvalue weighted by Crippen LogP contribution is 2.26. The molecule has 2 rings (SSSR count). The van der Waals surface area contributed by atoms with E-state index in [2.05, 4.69) is 0 Å². The minimum atomic E-state index is -0.478. The number of carbonyl (C=O) groups excluding carboxylic acids is 2. The number of anilines is 2. The van der Waals surface area contributed by atoms with Gasteiger partial charge in [-0.15, -0.1) is 0 Å². The number of nitrogen functional groups attached to an aromatic ring is 1. The quantitative estimate of drug-likeness (QED) is 0.664. The Morgan fingerprint density at radius 2 is 2.00 bits per heavy atom. The van der Waals surface area contributed by atoms with Crippen LogP contribution in [0.5, 0.6) is 0 Å². The van der Waals surface area contributed by atoms with E-state index < -0.39 is 5.97 Å². The topological polar surface area (TPSA) is 75.9 Å². The predicted octanol–water partition coefficient (Wildman–Crippen LogP) is 1.11. The fraction of sp³-hybridized carbons (Fsp3) is 0.467. The van der Waals surface area contributed by atoms with Crippen molar-refractivity contribution in [1.82, 2.24) is 4.90 Å². The summed E-state index contributed by atoms with van der Waals surface area (Å²) in [5.41, 5.74) is 7.33. The fourth-order valence-electron chi connectivity index (χ4n) is 2.53. The normalized spacial score (nSPS) is 14.1. The zero-order chi connectivity index (χ0) is 15.4. The molecule has 0 saturated carbocycles. The number of amides is 1. The average Bonchev–Trinajstić information content (AvgIpc) is 3.00. The lowest BCUT2D eigenvalue weighted by Gasteiger charge is -2.24. The van der Waals surface area contributed by atoms with E-state index in [9.17, 15) is 9.59 Å². The largest absolute Gasteiger partial charge is 0.465 e. The maximum absolute atomic E-state index is 12.2. The summed E-state index contributed by atoms with van der Waals surface area (Å²) in [6.45, 7) is 1.89. The number of carbonyl (C=O) groups is 2. The van der Waals surface area contributed by atoms with Crippen LogP contribution in [0.1, 0.15) is 23.2 Å². The van der Waals surface area contributed by atoms with E-state index >= 15 is 0 Å². The van der Waals surface area contributed by atoms with Gasteiger partial charge in [-0.05, 0) is 25.0 Å². The number of hydrogen-bond acceptors (Lipinski definition) is 5. The lowest BCUT2D eigenvalue weighted by molar-refractivity contribution is -0.128. The molecule has 0 spiro atoms. The molecule has 2 N–H and O–H groups in total. The molecule has 0 aliphatic carbocycles. The second-order valence-electron chi connectivity index (χ2n) is 5.17. The third-order valence-corrected chi connectivity index (χ3v) is 3.73. The lowest BCUT2D eigenvalue weighted by Crippen LogP contribution is -2.37. The number of para-hydroxylation sites is 1. The maximum atomic E-state index is 12.2. The van der Waals surface area contributed by atoms with E-state index in [0.717, 1.165) is 25.9 Å². The lowest BCUT2D eigenvalue weighted by atomic mass is 10.1. The number of hydrogen-bond donors (Lipinski definition) is 1. The summed E-state index contributed by atoms with van der Waals surface area (Å²) < 4.78 is 4.70. The second kappa shape index (κ2) is 6.47. The highest BCUT2D eigenvalue weighted by atomic mass is 16.5. The zero-order valence-corrected chi connectivity index (χ0v) is 12.5. The molecule has 0 unspecified atom stereocenters. The second-order valence-corrected chi connectivity index (χ2v) is 5.17. The van der Waals surface area contributed by atoms with Crippen molar-refractivity contribution in [2.45, 2.75) is 12.8 Å². The van der Waals surface area contributed by atoms with Crippen LogP contribution < -0.4 is 10.6 Å². The number of rotatable bonds is 4. The Morgan fingerprint density at radius 3 is 2.62 bits per heavy atom. The first-order valence-electron chi connectivity index (χ1n) is 7.00. The standard InChI is InChI=1S/C15H21N3O3/c1-17(10-13(19)18-8-3-4-9-18)12-7-5-6-11(14(12)16)15(20)21-2/h5-7H,3-4,8-10,16H2,1-2H3. The van der Waals surface area contributed by atoms with Crippen molar-refractivity contribution >= 4 is 23.3 Å². The van der Waals surface area contributed by atoms with E-state index in [1.54, 1.807) is 30.1 Å². The fourth-order valence-corrected chi connectivity index (χ4v) is 2.53. The van der Waals surface area contributed by atoms with Crippen molar-refractivity contribution in [1.29, 1.82) is 0 Å². The van der Waals surface area contributed by atoms with Crippen LogP contribution in [0.2, 0.25) is 0 Å². The first-order chi connectivity index (χ1) is 10.0. The molecule has 1 aliphatic heterocycles. The molecule has 1 aromatic rings. The van der Waals surface area contributed by atoms with Crippen LogP contribution in [0.4, 0.5) is 11.4 Å². The van der Waals surface area contributed by atoms with Crippen molar-refractivity contribution in [3.05, 3.63) is 23.8 Å².